The largest absolute Gasteiger partial charge is 0.377 e. The smallest absolute Gasteiger partial charge is 0.0985 e. The normalized spacial score (nSPS) is 14.4. The number of nitrogens with one attached hydrogen (secondary N) is 1. The number of rotatable bonds is 5. The van der Waals surface area contributed by atoms with Crippen LogP contribution in [-0.2, 0) is 11.8 Å². The fourth-order valence-corrected chi connectivity index (χ4v) is 3.72. The maximum atomic E-state index is 5.22. The zero-order valence-electron chi connectivity index (χ0n) is 14.7. The molecular weight excluding hydrogens is 360 g/mol. The molecule has 4 aromatic rings. The van der Waals surface area contributed by atoms with Gasteiger partial charge in [-0.05, 0) is 30.1 Å². The van der Waals surface area contributed by atoms with E-state index >= 15 is 0 Å². The summed E-state index contributed by atoms with van der Waals surface area (Å²) in [6, 6.07) is 10.6. The van der Waals surface area contributed by atoms with Crippen LogP contribution in [0.3, 0.4) is 0 Å². The lowest BCUT2D eigenvalue weighted by molar-refractivity contribution is -0.0286. The standard InChI is InChI=1S/C19H18N6OS/c1-24-19-13(7-21-24)3-2-4-18(19)23-27-16-5-6-17(20-9-16)14-8-22-25(10-14)15-11-26-12-15/h2-10,15,23H,11-12H2,1H3. The SMILES string of the molecule is Cn1ncc2cccc(NSc3ccc(-c4cnn(C5COC5)c4)nc3)c21. The maximum absolute atomic E-state index is 5.22. The van der Waals surface area contributed by atoms with Gasteiger partial charge in [-0.1, -0.05) is 12.1 Å². The number of anilines is 1. The first-order valence-corrected chi connectivity index (χ1v) is 9.51. The van der Waals surface area contributed by atoms with E-state index in [-0.39, 0.29) is 0 Å². The second kappa shape index (κ2) is 6.71. The topological polar surface area (TPSA) is 69.8 Å². The number of hydrogen-bond donors (Lipinski definition) is 1. The van der Waals surface area contributed by atoms with E-state index < -0.39 is 0 Å². The second-order valence-corrected chi connectivity index (χ2v) is 7.37. The highest BCUT2D eigenvalue weighted by atomic mass is 32.2. The van der Waals surface area contributed by atoms with Crippen molar-refractivity contribution in [2.45, 2.75) is 10.9 Å². The molecule has 1 aromatic carbocycles. The molecule has 3 aromatic heterocycles. The summed E-state index contributed by atoms with van der Waals surface area (Å²) in [5, 5.41) is 9.85. The number of nitrogens with zero attached hydrogens (tertiary/aromatic N) is 5. The summed E-state index contributed by atoms with van der Waals surface area (Å²) >= 11 is 1.54. The van der Waals surface area contributed by atoms with Gasteiger partial charge in [-0.2, -0.15) is 10.2 Å². The molecule has 1 fully saturated rings. The number of fused-ring (bicyclic) bond motifs is 1. The lowest BCUT2D eigenvalue weighted by Gasteiger charge is -2.25. The maximum Gasteiger partial charge on any atom is 0.0985 e. The quantitative estimate of drug-likeness (QED) is 0.536. The van der Waals surface area contributed by atoms with Crippen LogP contribution >= 0.6 is 11.9 Å². The summed E-state index contributed by atoms with van der Waals surface area (Å²) in [6.45, 7) is 1.47. The molecule has 1 aliphatic heterocycles. The van der Waals surface area contributed by atoms with E-state index in [2.05, 4.69) is 38.1 Å². The predicted molar refractivity (Wildman–Crippen MR) is 106 cm³/mol. The molecule has 0 saturated carbocycles. The average molecular weight is 378 g/mol. The summed E-state index contributed by atoms with van der Waals surface area (Å²) in [6.07, 6.45) is 7.64. The summed E-state index contributed by atoms with van der Waals surface area (Å²) in [7, 11) is 1.95. The van der Waals surface area contributed by atoms with E-state index in [1.807, 2.05) is 53.3 Å². The second-order valence-electron chi connectivity index (χ2n) is 6.50. The molecule has 0 spiro atoms. The molecular formula is C19H18N6OS. The average Bonchev–Trinajstić information content (AvgIpc) is 3.27. The molecule has 0 radical (unpaired) electrons. The first kappa shape index (κ1) is 16.3. The number of ether oxygens (including phenoxy) is 1. The number of benzene rings is 1. The lowest BCUT2D eigenvalue weighted by atomic mass is 10.2. The zero-order chi connectivity index (χ0) is 18.2. The fourth-order valence-electron chi connectivity index (χ4n) is 3.09. The number of aryl methyl sites for hydroxylation is 1. The lowest BCUT2D eigenvalue weighted by Crippen LogP contribution is -2.30. The molecule has 27 heavy (non-hydrogen) atoms. The van der Waals surface area contributed by atoms with Gasteiger partial charge in [-0.25, -0.2) is 0 Å². The summed E-state index contributed by atoms with van der Waals surface area (Å²) in [5.74, 6) is 0. The third kappa shape index (κ3) is 3.07. The molecule has 0 unspecified atom stereocenters. The Hall–Kier alpha value is -2.84. The molecule has 0 atom stereocenters. The van der Waals surface area contributed by atoms with Crippen LogP contribution in [0.15, 0.2) is 60.0 Å². The van der Waals surface area contributed by atoms with Crippen molar-refractivity contribution in [1.82, 2.24) is 24.5 Å². The first-order chi connectivity index (χ1) is 13.3. The highest BCUT2D eigenvalue weighted by Crippen LogP contribution is 2.28. The minimum atomic E-state index is 0.354. The van der Waals surface area contributed by atoms with Crippen molar-refractivity contribution in [3.8, 4) is 11.3 Å². The monoisotopic (exact) mass is 378 g/mol. The number of hydrogen-bond acceptors (Lipinski definition) is 6. The van der Waals surface area contributed by atoms with Crippen LogP contribution in [0.4, 0.5) is 5.69 Å². The van der Waals surface area contributed by atoms with E-state index in [4.69, 9.17) is 4.74 Å². The molecule has 0 amide bonds. The van der Waals surface area contributed by atoms with Gasteiger partial charge in [0.25, 0.3) is 0 Å². The van der Waals surface area contributed by atoms with Crippen molar-refractivity contribution < 1.29 is 4.74 Å². The van der Waals surface area contributed by atoms with Gasteiger partial charge < -0.3 is 9.46 Å². The minimum Gasteiger partial charge on any atom is -0.377 e. The fraction of sp³-hybridized carbons (Fsp3) is 0.211. The molecule has 1 aliphatic rings. The van der Waals surface area contributed by atoms with Gasteiger partial charge >= 0.3 is 0 Å². The van der Waals surface area contributed by atoms with Gasteiger partial charge in [0.05, 0.1) is 48.5 Å². The van der Waals surface area contributed by atoms with E-state index in [1.54, 1.807) is 0 Å². The Kier molecular flexibility index (Phi) is 4.06. The van der Waals surface area contributed by atoms with Crippen LogP contribution in [0.5, 0.6) is 0 Å². The van der Waals surface area contributed by atoms with Gasteiger partial charge in [0.2, 0.25) is 0 Å². The molecule has 136 valence electrons. The Labute approximate surface area is 160 Å². The number of para-hydroxylation sites is 1. The van der Waals surface area contributed by atoms with Crippen molar-refractivity contribution in [3.63, 3.8) is 0 Å². The molecule has 7 nitrogen and oxygen atoms in total. The van der Waals surface area contributed by atoms with Crippen LogP contribution in [0.2, 0.25) is 0 Å². The van der Waals surface area contributed by atoms with Crippen LogP contribution in [0.25, 0.3) is 22.2 Å². The van der Waals surface area contributed by atoms with Crippen molar-refractivity contribution in [2.24, 2.45) is 7.05 Å². The van der Waals surface area contributed by atoms with Crippen LogP contribution in [-0.4, -0.2) is 37.8 Å². The molecule has 1 saturated heterocycles. The molecule has 8 heteroatoms. The minimum absolute atomic E-state index is 0.354. The van der Waals surface area contributed by atoms with Crippen LogP contribution < -0.4 is 4.72 Å². The highest BCUT2D eigenvalue weighted by molar-refractivity contribution is 8.00. The van der Waals surface area contributed by atoms with Gasteiger partial charge in [-0.15, -0.1) is 0 Å². The van der Waals surface area contributed by atoms with Crippen molar-refractivity contribution in [1.29, 1.82) is 0 Å². The predicted octanol–water partition coefficient (Wildman–Crippen LogP) is 3.52. The van der Waals surface area contributed by atoms with E-state index in [9.17, 15) is 0 Å². The Morgan fingerprint density at radius 1 is 1.11 bits per heavy atom. The van der Waals surface area contributed by atoms with Gasteiger partial charge in [-0.3, -0.25) is 14.3 Å². The first-order valence-electron chi connectivity index (χ1n) is 8.70. The Bertz CT molecular complexity index is 1080. The Morgan fingerprint density at radius 2 is 2.04 bits per heavy atom. The Morgan fingerprint density at radius 3 is 2.81 bits per heavy atom. The number of aromatic nitrogens is 5. The Balaban J connectivity index is 1.30. The third-order valence-corrected chi connectivity index (χ3v) is 5.47. The van der Waals surface area contributed by atoms with Crippen molar-refractivity contribution in [3.05, 3.63) is 55.1 Å². The van der Waals surface area contributed by atoms with Gasteiger partial charge in [0.1, 0.15) is 0 Å². The van der Waals surface area contributed by atoms with Crippen molar-refractivity contribution in [2.75, 3.05) is 17.9 Å². The van der Waals surface area contributed by atoms with Gasteiger partial charge in [0, 0.05) is 35.3 Å². The molecule has 4 heterocycles. The van der Waals surface area contributed by atoms with Gasteiger partial charge in [0.15, 0.2) is 0 Å². The third-order valence-electron chi connectivity index (χ3n) is 4.67. The number of pyridine rings is 1. The van der Waals surface area contributed by atoms with E-state index in [1.165, 1.54) is 11.9 Å². The molecule has 5 rings (SSSR count). The van der Waals surface area contributed by atoms with E-state index in [0.717, 1.165) is 46.0 Å². The molecule has 0 bridgehead atoms. The highest BCUT2D eigenvalue weighted by Gasteiger charge is 2.21. The summed E-state index contributed by atoms with van der Waals surface area (Å²) in [5.41, 5.74) is 4.05. The summed E-state index contributed by atoms with van der Waals surface area (Å²) < 4.78 is 12.5. The molecule has 1 N–H and O–H groups in total. The van der Waals surface area contributed by atoms with E-state index in [0.29, 0.717) is 6.04 Å². The van der Waals surface area contributed by atoms with Crippen LogP contribution in [0, 0.1) is 0 Å². The molecule has 0 aliphatic carbocycles. The zero-order valence-corrected chi connectivity index (χ0v) is 15.6. The summed E-state index contributed by atoms with van der Waals surface area (Å²) in [4.78, 5) is 5.62. The van der Waals surface area contributed by atoms with Crippen molar-refractivity contribution >= 4 is 28.5 Å². The van der Waals surface area contributed by atoms with Crippen LogP contribution in [0.1, 0.15) is 6.04 Å².